The van der Waals surface area contributed by atoms with Gasteiger partial charge in [-0.1, -0.05) is 36.4 Å². The zero-order valence-corrected chi connectivity index (χ0v) is 13.4. The van der Waals surface area contributed by atoms with Gasteiger partial charge in [0.2, 0.25) is 0 Å². The van der Waals surface area contributed by atoms with Gasteiger partial charge in [0.25, 0.3) is 0 Å². The highest BCUT2D eigenvalue weighted by Crippen LogP contribution is 2.32. The van der Waals surface area contributed by atoms with Gasteiger partial charge in [0, 0.05) is 31.9 Å². The van der Waals surface area contributed by atoms with E-state index in [9.17, 15) is 4.79 Å². The zero-order chi connectivity index (χ0) is 16.4. The average molecular weight is 320 g/mol. The number of imidazole rings is 1. The summed E-state index contributed by atoms with van der Waals surface area (Å²) >= 11 is 0. The normalized spacial score (nSPS) is 16.8. The number of hydrogen-bond acceptors (Lipinski definition) is 2. The fourth-order valence-electron chi connectivity index (χ4n) is 3.16. The number of likely N-dealkylation sites (tertiary alicyclic amines) is 1. The number of carbonyl (C=O) groups is 1. The first-order chi connectivity index (χ1) is 11.8. The van der Waals surface area contributed by atoms with Gasteiger partial charge in [-0.25, -0.2) is 9.78 Å². The first-order valence-corrected chi connectivity index (χ1v) is 8.33. The number of hydrogen-bond donors (Lipinski definition) is 1. The molecule has 0 aliphatic carbocycles. The lowest BCUT2D eigenvalue weighted by molar-refractivity contribution is 0.115. The Kier molecular flexibility index (Phi) is 3.91. The van der Waals surface area contributed by atoms with E-state index >= 15 is 0 Å². The Morgan fingerprint density at radius 2 is 2.00 bits per heavy atom. The minimum absolute atomic E-state index is 0.0128. The third-order valence-electron chi connectivity index (χ3n) is 4.54. The van der Waals surface area contributed by atoms with Crippen molar-refractivity contribution in [3.05, 3.63) is 72.2 Å². The Labute approximate surface area is 140 Å². The third kappa shape index (κ3) is 2.85. The molecule has 0 unspecified atom stereocenters. The molecule has 122 valence electrons. The number of fused-ring (bicyclic) bond motifs is 1. The molecule has 5 heteroatoms. The molecule has 2 amide bonds. The van der Waals surface area contributed by atoms with Crippen molar-refractivity contribution in [1.29, 1.82) is 0 Å². The summed E-state index contributed by atoms with van der Waals surface area (Å²) in [6.07, 6.45) is 5.76. The standard InChI is InChI=1S/C19H20N4O/c24-19(23-13-10-17(23)15-6-2-1-3-7-15)20-11-9-16-14-22-12-5-4-8-18(22)21-16/h1-8,12,14,17H,9-11,13H2,(H,20,24)/t17-/m0/s1. The lowest BCUT2D eigenvalue weighted by atomic mass is 9.95. The number of urea groups is 1. The molecular formula is C19H20N4O. The van der Waals surface area contributed by atoms with Gasteiger partial charge in [-0.3, -0.25) is 0 Å². The van der Waals surface area contributed by atoms with Crippen molar-refractivity contribution in [2.75, 3.05) is 13.1 Å². The van der Waals surface area contributed by atoms with Crippen molar-refractivity contribution in [1.82, 2.24) is 19.6 Å². The van der Waals surface area contributed by atoms with Crippen molar-refractivity contribution in [3.8, 4) is 0 Å². The molecule has 1 aromatic carbocycles. The molecule has 1 N–H and O–H groups in total. The number of carbonyl (C=O) groups excluding carboxylic acids is 1. The van der Waals surface area contributed by atoms with Gasteiger partial charge < -0.3 is 14.6 Å². The molecule has 1 aliphatic heterocycles. The van der Waals surface area contributed by atoms with Gasteiger partial charge in [-0.15, -0.1) is 0 Å². The van der Waals surface area contributed by atoms with Crippen LogP contribution in [0.5, 0.6) is 0 Å². The molecule has 0 bridgehead atoms. The lowest BCUT2D eigenvalue weighted by Gasteiger charge is -2.41. The quantitative estimate of drug-likeness (QED) is 0.803. The fourth-order valence-corrected chi connectivity index (χ4v) is 3.16. The van der Waals surface area contributed by atoms with E-state index in [-0.39, 0.29) is 12.1 Å². The Morgan fingerprint density at radius 3 is 2.75 bits per heavy atom. The van der Waals surface area contributed by atoms with Crippen LogP contribution in [0.15, 0.2) is 60.9 Å². The topological polar surface area (TPSA) is 49.6 Å². The van der Waals surface area contributed by atoms with E-state index < -0.39 is 0 Å². The molecule has 3 aromatic rings. The summed E-state index contributed by atoms with van der Waals surface area (Å²) in [5.41, 5.74) is 3.13. The Hall–Kier alpha value is -2.82. The molecule has 1 atom stereocenters. The molecule has 0 radical (unpaired) electrons. The summed E-state index contributed by atoms with van der Waals surface area (Å²) in [7, 11) is 0. The van der Waals surface area contributed by atoms with Gasteiger partial charge in [0.1, 0.15) is 5.65 Å². The number of benzene rings is 1. The Bertz CT molecular complexity index is 810. The summed E-state index contributed by atoms with van der Waals surface area (Å²) in [5.74, 6) is 0. The maximum Gasteiger partial charge on any atom is 0.317 e. The molecule has 1 aliphatic rings. The molecule has 24 heavy (non-hydrogen) atoms. The predicted octanol–water partition coefficient (Wildman–Crippen LogP) is 3.03. The largest absolute Gasteiger partial charge is 0.338 e. The maximum absolute atomic E-state index is 12.4. The summed E-state index contributed by atoms with van der Waals surface area (Å²) < 4.78 is 2.00. The molecule has 2 aromatic heterocycles. The van der Waals surface area contributed by atoms with Gasteiger partial charge in [-0.2, -0.15) is 0 Å². The zero-order valence-electron chi connectivity index (χ0n) is 13.4. The molecule has 3 heterocycles. The number of pyridine rings is 1. The van der Waals surface area contributed by atoms with Crippen LogP contribution in [-0.2, 0) is 6.42 Å². The Morgan fingerprint density at radius 1 is 1.17 bits per heavy atom. The van der Waals surface area contributed by atoms with E-state index in [4.69, 9.17) is 0 Å². The van der Waals surface area contributed by atoms with Crippen LogP contribution in [0.25, 0.3) is 5.65 Å². The monoisotopic (exact) mass is 320 g/mol. The number of nitrogens with one attached hydrogen (secondary N) is 1. The van der Waals surface area contributed by atoms with Crippen LogP contribution in [0.1, 0.15) is 23.7 Å². The number of amides is 2. The van der Waals surface area contributed by atoms with Crippen LogP contribution in [0.2, 0.25) is 0 Å². The van der Waals surface area contributed by atoms with E-state index in [2.05, 4.69) is 22.4 Å². The van der Waals surface area contributed by atoms with Crippen molar-refractivity contribution in [2.24, 2.45) is 0 Å². The van der Waals surface area contributed by atoms with Crippen molar-refractivity contribution >= 4 is 11.7 Å². The van der Waals surface area contributed by atoms with Gasteiger partial charge in [0.05, 0.1) is 11.7 Å². The van der Waals surface area contributed by atoms with E-state index in [1.54, 1.807) is 0 Å². The Balaban J connectivity index is 1.32. The second-order valence-corrected chi connectivity index (χ2v) is 6.09. The number of nitrogens with zero attached hydrogens (tertiary/aromatic N) is 3. The number of rotatable bonds is 4. The molecule has 0 saturated carbocycles. The van der Waals surface area contributed by atoms with E-state index in [0.717, 1.165) is 30.7 Å². The van der Waals surface area contributed by atoms with Crippen LogP contribution in [0.3, 0.4) is 0 Å². The van der Waals surface area contributed by atoms with Crippen LogP contribution < -0.4 is 5.32 Å². The van der Waals surface area contributed by atoms with Crippen LogP contribution in [0.4, 0.5) is 4.79 Å². The first kappa shape index (κ1) is 14.8. The summed E-state index contributed by atoms with van der Waals surface area (Å²) in [5, 5.41) is 3.01. The fraction of sp³-hybridized carbons (Fsp3) is 0.263. The molecule has 4 rings (SSSR count). The minimum atomic E-state index is 0.0128. The molecule has 5 nitrogen and oxygen atoms in total. The van der Waals surface area contributed by atoms with Crippen molar-refractivity contribution in [2.45, 2.75) is 18.9 Å². The molecule has 1 fully saturated rings. The third-order valence-corrected chi connectivity index (χ3v) is 4.54. The highest BCUT2D eigenvalue weighted by atomic mass is 16.2. The van der Waals surface area contributed by atoms with Gasteiger partial charge >= 0.3 is 6.03 Å². The van der Waals surface area contributed by atoms with E-state index in [1.165, 1.54) is 5.56 Å². The van der Waals surface area contributed by atoms with Crippen molar-refractivity contribution in [3.63, 3.8) is 0 Å². The number of aromatic nitrogens is 2. The molecule has 0 spiro atoms. The highest BCUT2D eigenvalue weighted by molar-refractivity contribution is 5.75. The van der Waals surface area contributed by atoms with Gasteiger partial charge in [0.15, 0.2) is 0 Å². The predicted molar refractivity (Wildman–Crippen MR) is 92.8 cm³/mol. The average Bonchev–Trinajstić information content (AvgIpc) is 2.97. The van der Waals surface area contributed by atoms with Gasteiger partial charge in [-0.05, 0) is 24.1 Å². The maximum atomic E-state index is 12.4. The van der Waals surface area contributed by atoms with Crippen molar-refractivity contribution < 1.29 is 4.79 Å². The second-order valence-electron chi connectivity index (χ2n) is 6.09. The summed E-state index contributed by atoms with van der Waals surface area (Å²) in [4.78, 5) is 18.8. The molecular weight excluding hydrogens is 300 g/mol. The van der Waals surface area contributed by atoms with Crippen LogP contribution >= 0.6 is 0 Å². The highest BCUT2D eigenvalue weighted by Gasteiger charge is 2.32. The van der Waals surface area contributed by atoms with Crippen LogP contribution in [-0.4, -0.2) is 33.4 Å². The van der Waals surface area contributed by atoms with E-state index in [0.29, 0.717) is 6.54 Å². The minimum Gasteiger partial charge on any atom is -0.338 e. The lowest BCUT2D eigenvalue weighted by Crippen LogP contribution is -2.50. The summed E-state index contributed by atoms with van der Waals surface area (Å²) in [6.45, 7) is 1.42. The SMILES string of the molecule is O=C(NCCc1cn2ccccc2n1)N1CC[C@H]1c1ccccc1. The smallest absolute Gasteiger partial charge is 0.317 e. The van der Waals surface area contributed by atoms with E-state index in [1.807, 2.05) is 58.1 Å². The van der Waals surface area contributed by atoms with Crippen LogP contribution in [0, 0.1) is 0 Å². The molecule has 1 saturated heterocycles. The summed E-state index contributed by atoms with van der Waals surface area (Å²) in [6, 6.07) is 16.4. The second kappa shape index (κ2) is 6.35. The first-order valence-electron chi connectivity index (χ1n) is 8.33.